The zero-order valence-electron chi connectivity index (χ0n) is 15.3. The first-order valence-corrected chi connectivity index (χ1v) is 9.83. The summed E-state index contributed by atoms with van der Waals surface area (Å²) in [5.41, 5.74) is 6.40. The van der Waals surface area contributed by atoms with E-state index in [-0.39, 0.29) is 24.6 Å². The SMILES string of the molecule is O=C(NNC(=O)C1CC(=O)N(c2ccccc2Br)C1)c1ccc2ccccc2n1. The molecular formula is C21H17BrN4O3. The molecule has 2 N–H and O–H groups in total. The number of fused-ring (bicyclic) bond motifs is 1. The number of carbonyl (C=O) groups is 3. The number of hydrogen-bond acceptors (Lipinski definition) is 4. The first-order chi connectivity index (χ1) is 14.0. The van der Waals surface area contributed by atoms with E-state index in [0.717, 1.165) is 15.5 Å². The molecule has 7 nitrogen and oxygen atoms in total. The second-order valence-electron chi connectivity index (χ2n) is 6.69. The Hall–Kier alpha value is -3.26. The highest BCUT2D eigenvalue weighted by atomic mass is 79.9. The third-order valence-corrected chi connectivity index (χ3v) is 5.44. The van der Waals surface area contributed by atoms with Crippen molar-refractivity contribution in [2.45, 2.75) is 6.42 Å². The molecule has 0 saturated carbocycles. The van der Waals surface area contributed by atoms with Crippen LogP contribution in [0, 0.1) is 5.92 Å². The molecule has 2 heterocycles. The maximum Gasteiger partial charge on any atom is 0.288 e. The van der Waals surface area contributed by atoms with Crippen LogP contribution in [0.5, 0.6) is 0 Å². The van der Waals surface area contributed by atoms with E-state index >= 15 is 0 Å². The van der Waals surface area contributed by atoms with Crippen LogP contribution in [0.25, 0.3) is 10.9 Å². The Kier molecular flexibility index (Phi) is 5.26. The zero-order chi connectivity index (χ0) is 20.4. The summed E-state index contributed by atoms with van der Waals surface area (Å²) in [4.78, 5) is 43.0. The summed E-state index contributed by atoms with van der Waals surface area (Å²) in [5.74, 6) is -1.63. The molecule has 1 aromatic heterocycles. The van der Waals surface area contributed by atoms with Crippen molar-refractivity contribution in [2.24, 2.45) is 5.92 Å². The van der Waals surface area contributed by atoms with Crippen LogP contribution in [0.4, 0.5) is 5.69 Å². The van der Waals surface area contributed by atoms with E-state index in [1.807, 2.05) is 48.5 Å². The molecule has 146 valence electrons. The molecule has 1 atom stereocenters. The van der Waals surface area contributed by atoms with E-state index in [1.165, 1.54) is 0 Å². The highest BCUT2D eigenvalue weighted by molar-refractivity contribution is 9.10. The number of nitrogens with zero attached hydrogens (tertiary/aromatic N) is 2. The van der Waals surface area contributed by atoms with Gasteiger partial charge in [0.15, 0.2) is 0 Å². The van der Waals surface area contributed by atoms with E-state index in [4.69, 9.17) is 0 Å². The number of hydrazine groups is 1. The number of nitrogens with one attached hydrogen (secondary N) is 2. The van der Waals surface area contributed by atoms with Gasteiger partial charge in [-0.25, -0.2) is 4.98 Å². The number of pyridine rings is 1. The Morgan fingerprint density at radius 1 is 1.00 bits per heavy atom. The normalized spacial score (nSPS) is 16.1. The molecule has 1 aliphatic rings. The molecule has 0 aliphatic carbocycles. The van der Waals surface area contributed by atoms with Crippen molar-refractivity contribution in [2.75, 3.05) is 11.4 Å². The summed E-state index contributed by atoms with van der Waals surface area (Å²) >= 11 is 3.43. The molecule has 0 spiro atoms. The molecule has 1 aliphatic heterocycles. The monoisotopic (exact) mass is 452 g/mol. The molecule has 1 unspecified atom stereocenters. The Bertz CT molecular complexity index is 1120. The van der Waals surface area contributed by atoms with Crippen LogP contribution in [0.3, 0.4) is 0 Å². The second-order valence-corrected chi connectivity index (χ2v) is 7.54. The fourth-order valence-electron chi connectivity index (χ4n) is 3.26. The lowest BCUT2D eigenvalue weighted by atomic mass is 10.1. The van der Waals surface area contributed by atoms with Crippen LogP contribution in [0.1, 0.15) is 16.9 Å². The predicted molar refractivity (Wildman–Crippen MR) is 112 cm³/mol. The standard InChI is InChI=1S/C21H17BrN4O3/c22-15-6-2-4-8-18(15)26-12-14(11-19(26)27)20(28)24-25-21(29)17-10-9-13-5-1-3-7-16(13)23-17/h1-10,14H,11-12H2,(H,24,28)(H,25,29). The number of aromatic nitrogens is 1. The zero-order valence-corrected chi connectivity index (χ0v) is 16.8. The quantitative estimate of drug-likeness (QED) is 0.597. The van der Waals surface area contributed by atoms with Gasteiger partial charge in [0.1, 0.15) is 5.69 Å². The van der Waals surface area contributed by atoms with E-state index < -0.39 is 17.7 Å². The number of rotatable bonds is 3. The van der Waals surface area contributed by atoms with Crippen molar-refractivity contribution < 1.29 is 14.4 Å². The lowest BCUT2D eigenvalue weighted by Gasteiger charge is -2.18. The minimum absolute atomic E-state index is 0.0806. The van der Waals surface area contributed by atoms with Gasteiger partial charge in [-0.15, -0.1) is 0 Å². The molecule has 4 rings (SSSR count). The van der Waals surface area contributed by atoms with Gasteiger partial charge >= 0.3 is 0 Å². The number of para-hydroxylation sites is 2. The van der Waals surface area contributed by atoms with Crippen molar-refractivity contribution in [3.05, 3.63) is 70.8 Å². The van der Waals surface area contributed by atoms with Crippen LogP contribution in [-0.4, -0.2) is 29.3 Å². The van der Waals surface area contributed by atoms with E-state index in [0.29, 0.717) is 5.52 Å². The lowest BCUT2D eigenvalue weighted by molar-refractivity contribution is -0.126. The average molecular weight is 453 g/mol. The Morgan fingerprint density at radius 2 is 1.76 bits per heavy atom. The third-order valence-electron chi connectivity index (χ3n) is 4.77. The van der Waals surface area contributed by atoms with Crippen LogP contribution < -0.4 is 15.8 Å². The predicted octanol–water partition coefficient (Wildman–Crippen LogP) is 2.81. The fourth-order valence-corrected chi connectivity index (χ4v) is 3.76. The smallest absolute Gasteiger partial charge is 0.288 e. The van der Waals surface area contributed by atoms with Crippen molar-refractivity contribution in [1.29, 1.82) is 0 Å². The summed E-state index contributed by atoms with van der Waals surface area (Å²) in [6.45, 7) is 0.247. The van der Waals surface area contributed by atoms with Crippen molar-refractivity contribution >= 4 is 50.2 Å². The van der Waals surface area contributed by atoms with Gasteiger partial charge in [0.2, 0.25) is 11.8 Å². The van der Waals surface area contributed by atoms with Gasteiger partial charge in [-0.05, 0) is 40.2 Å². The van der Waals surface area contributed by atoms with Gasteiger partial charge in [0.25, 0.3) is 5.91 Å². The van der Waals surface area contributed by atoms with Gasteiger partial charge in [-0.1, -0.05) is 36.4 Å². The van der Waals surface area contributed by atoms with Crippen molar-refractivity contribution in [3.63, 3.8) is 0 Å². The molecule has 29 heavy (non-hydrogen) atoms. The van der Waals surface area contributed by atoms with E-state index in [2.05, 4.69) is 31.8 Å². The number of amides is 3. The van der Waals surface area contributed by atoms with Gasteiger partial charge in [0.05, 0.1) is 17.1 Å². The molecular weight excluding hydrogens is 436 g/mol. The topological polar surface area (TPSA) is 91.4 Å². The minimum Gasteiger partial charge on any atom is -0.310 e. The summed E-state index contributed by atoms with van der Waals surface area (Å²) in [6.07, 6.45) is 0.0806. The van der Waals surface area contributed by atoms with E-state index in [1.54, 1.807) is 17.0 Å². The number of anilines is 1. The Morgan fingerprint density at radius 3 is 2.59 bits per heavy atom. The van der Waals surface area contributed by atoms with Gasteiger partial charge in [-0.2, -0.15) is 0 Å². The highest BCUT2D eigenvalue weighted by Gasteiger charge is 2.36. The molecule has 2 aromatic carbocycles. The number of hydrogen-bond donors (Lipinski definition) is 2. The molecule has 1 saturated heterocycles. The maximum absolute atomic E-state index is 12.5. The maximum atomic E-state index is 12.5. The summed E-state index contributed by atoms with van der Waals surface area (Å²) in [5, 5.41) is 0.921. The van der Waals surface area contributed by atoms with Crippen LogP contribution in [-0.2, 0) is 9.59 Å². The third kappa shape index (κ3) is 3.97. The van der Waals surface area contributed by atoms with Crippen LogP contribution in [0.15, 0.2) is 65.1 Å². The van der Waals surface area contributed by atoms with Gasteiger partial charge < -0.3 is 4.90 Å². The first-order valence-electron chi connectivity index (χ1n) is 9.04. The number of carbonyl (C=O) groups excluding carboxylic acids is 3. The first kappa shape index (κ1) is 19.1. The summed E-state index contributed by atoms with van der Waals surface area (Å²) in [6, 6.07) is 18.2. The van der Waals surface area contributed by atoms with Gasteiger partial charge in [0, 0.05) is 22.8 Å². The van der Waals surface area contributed by atoms with E-state index in [9.17, 15) is 14.4 Å². The molecule has 8 heteroatoms. The van der Waals surface area contributed by atoms with Crippen molar-refractivity contribution in [3.8, 4) is 0 Å². The molecule has 1 fully saturated rings. The Balaban J connectivity index is 1.38. The molecule has 3 amide bonds. The minimum atomic E-state index is -0.556. The summed E-state index contributed by atoms with van der Waals surface area (Å²) in [7, 11) is 0. The van der Waals surface area contributed by atoms with Crippen LogP contribution in [0.2, 0.25) is 0 Å². The molecule has 3 aromatic rings. The van der Waals surface area contributed by atoms with Gasteiger partial charge in [-0.3, -0.25) is 25.2 Å². The number of benzene rings is 2. The highest BCUT2D eigenvalue weighted by Crippen LogP contribution is 2.31. The second kappa shape index (κ2) is 8.00. The van der Waals surface area contributed by atoms with Crippen molar-refractivity contribution in [1.82, 2.24) is 15.8 Å². The largest absolute Gasteiger partial charge is 0.310 e. The number of halogens is 1. The average Bonchev–Trinajstić information content (AvgIpc) is 3.13. The van der Waals surface area contributed by atoms with Crippen LogP contribution >= 0.6 is 15.9 Å². The summed E-state index contributed by atoms with van der Waals surface area (Å²) < 4.78 is 0.782. The Labute approximate surface area is 175 Å². The molecule has 0 radical (unpaired) electrons. The molecule has 0 bridgehead atoms. The lowest BCUT2D eigenvalue weighted by Crippen LogP contribution is -2.45. The fraction of sp³-hybridized carbons (Fsp3) is 0.143.